The molecule has 1 atom stereocenters. The number of aromatic nitrogens is 4. The monoisotopic (exact) mass is 271 g/mol. The summed E-state index contributed by atoms with van der Waals surface area (Å²) in [5.41, 5.74) is 0.723. The fourth-order valence-electron chi connectivity index (χ4n) is 3.58. The van der Waals surface area contributed by atoms with Gasteiger partial charge < -0.3 is 9.47 Å². The fraction of sp³-hybridized carbons (Fsp3) is 0.500. The first-order valence-electron chi connectivity index (χ1n) is 6.99. The lowest BCUT2D eigenvalue weighted by molar-refractivity contribution is 0.0772. The van der Waals surface area contributed by atoms with Crippen molar-refractivity contribution in [3.05, 3.63) is 36.2 Å². The Morgan fingerprint density at radius 2 is 2.15 bits per heavy atom. The molecule has 1 fully saturated rings. The molecule has 0 bridgehead atoms. The Labute approximate surface area is 117 Å². The number of amides is 1. The number of fused-ring (bicyclic) bond motifs is 2. The van der Waals surface area contributed by atoms with E-state index in [1.54, 1.807) is 24.0 Å². The normalized spacial score (nSPS) is 24.6. The fourth-order valence-corrected chi connectivity index (χ4v) is 3.58. The van der Waals surface area contributed by atoms with E-state index in [-0.39, 0.29) is 11.3 Å². The van der Waals surface area contributed by atoms with Crippen LogP contribution in [0.4, 0.5) is 0 Å². The number of rotatable bonds is 1. The zero-order valence-corrected chi connectivity index (χ0v) is 11.5. The molecule has 6 heteroatoms. The van der Waals surface area contributed by atoms with Gasteiger partial charge in [0, 0.05) is 50.7 Å². The van der Waals surface area contributed by atoms with Crippen LogP contribution in [0.25, 0.3) is 0 Å². The van der Waals surface area contributed by atoms with Crippen molar-refractivity contribution in [2.75, 3.05) is 13.1 Å². The van der Waals surface area contributed by atoms with Crippen molar-refractivity contribution in [1.82, 2.24) is 24.2 Å². The topological polar surface area (TPSA) is 56.0 Å². The van der Waals surface area contributed by atoms with E-state index in [9.17, 15) is 4.79 Å². The maximum Gasteiger partial charge on any atom is 0.272 e. The molecule has 2 aliphatic rings. The van der Waals surface area contributed by atoms with Gasteiger partial charge in [0.25, 0.3) is 5.91 Å². The number of hydrogen-bond acceptors (Lipinski definition) is 3. The van der Waals surface area contributed by atoms with Crippen molar-refractivity contribution in [3.8, 4) is 0 Å². The van der Waals surface area contributed by atoms with Gasteiger partial charge in [-0.2, -0.15) is 5.10 Å². The summed E-state index contributed by atoms with van der Waals surface area (Å²) in [5.74, 6) is 1.23. The largest absolute Gasteiger partial charge is 0.336 e. The van der Waals surface area contributed by atoms with Crippen molar-refractivity contribution in [2.45, 2.75) is 24.8 Å². The number of nitrogens with zero attached hydrogens (tertiary/aromatic N) is 5. The first-order chi connectivity index (χ1) is 9.70. The Bertz CT molecular complexity index is 673. The van der Waals surface area contributed by atoms with Crippen molar-refractivity contribution in [3.63, 3.8) is 0 Å². The van der Waals surface area contributed by atoms with Gasteiger partial charge in [0.1, 0.15) is 11.5 Å². The number of carbonyl (C=O) groups is 1. The smallest absolute Gasteiger partial charge is 0.272 e. The van der Waals surface area contributed by atoms with Crippen LogP contribution in [-0.4, -0.2) is 43.2 Å². The minimum absolute atomic E-state index is 0.0672. The Morgan fingerprint density at radius 3 is 2.95 bits per heavy atom. The van der Waals surface area contributed by atoms with E-state index >= 15 is 0 Å². The quantitative estimate of drug-likeness (QED) is 0.771. The lowest BCUT2D eigenvalue weighted by Gasteiger charge is -2.22. The van der Waals surface area contributed by atoms with E-state index in [2.05, 4.69) is 14.6 Å². The maximum atomic E-state index is 12.6. The Balaban J connectivity index is 1.60. The average Bonchev–Trinajstić information content (AvgIpc) is 3.18. The first-order valence-corrected chi connectivity index (χ1v) is 6.99. The van der Waals surface area contributed by atoms with Crippen LogP contribution in [-0.2, 0) is 19.0 Å². The molecule has 0 radical (unpaired) electrons. The van der Waals surface area contributed by atoms with Gasteiger partial charge in [0.05, 0.1) is 0 Å². The highest BCUT2D eigenvalue weighted by molar-refractivity contribution is 5.92. The third-order valence-electron chi connectivity index (χ3n) is 4.70. The third kappa shape index (κ3) is 1.47. The summed E-state index contributed by atoms with van der Waals surface area (Å²) in [6.45, 7) is 2.59. The molecule has 2 aliphatic heterocycles. The maximum absolute atomic E-state index is 12.6. The molecule has 4 heterocycles. The Kier molecular flexibility index (Phi) is 2.31. The van der Waals surface area contributed by atoms with Gasteiger partial charge >= 0.3 is 0 Å². The summed E-state index contributed by atoms with van der Waals surface area (Å²) < 4.78 is 3.86. The number of aryl methyl sites for hydroxylation is 2. The molecular weight excluding hydrogens is 254 g/mol. The molecule has 4 rings (SSSR count). The second kappa shape index (κ2) is 3.94. The van der Waals surface area contributed by atoms with E-state index in [1.165, 1.54) is 0 Å². The molecule has 0 N–H and O–H groups in total. The molecule has 0 saturated carbocycles. The average molecular weight is 271 g/mol. The van der Waals surface area contributed by atoms with Crippen molar-refractivity contribution < 1.29 is 4.79 Å². The number of likely N-dealkylation sites (tertiary alicyclic amines) is 1. The number of imidazole rings is 1. The summed E-state index contributed by atoms with van der Waals surface area (Å²) in [5, 5.41) is 4.08. The molecule has 104 valence electrons. The van der Waals surface area contributed by atoms with E-state index in [4.69, 9.17) is 0 Å². The van der Waals surface area contributed by atoms with Crippen LogP contribution in [0, 0.1) is 0 Å². The molecule has 2 aromatic heterocycles. The molecule has 2 aromatic rings. The van der Waals surface area contributed by atoms with Crippen molar-refractivity contribution >= 4 is 5.91 Å². The lowest BCUT2D eigenvalue weighted by Crippen LogP contribution is -2.34. The molecule has 6 nitrogen and oxygen atoms in total. The van der Waals surface area contributed by atoms with Gasteiger partial charge in [0.15, 0.2) is 0 Å². The minimum Gasteiger partial charge on any atom is -0.336 e. The molecule has 20 heavy (non-hydrogen) atoms. The zero-order chi connectivity index (χ0) is 13.7. The summed E-state index contributed by atoms with van der Waals surface area (Å²) >= 11 is 0. The van der Waals surface area contributed by atoms with Crippen LogP contribution in [0.3, 0.4) is 0 Å². The van der Waals surface area contributed by atoms with Crippen LogP contribution in [0.1, 0.15) is 29.2 Å². The summed E-state index contributed by atoms with van der Waals surface area (Å²) in [6, 6.07) is 1.78. The summed E-state index contributed by atoms with van der Waals surface area (Å²) in [6.07, 6.45) is 7.66. The van der Waals surface area contributed by atoms with Gasteiger partial charge in [-0.05, 0) is 18.9 Å². The summed E-state index contributed by atoms with van der Waals surface area (Å²) in [4.78, 5) is 19.0. The highest BCUT2D eigenvalue weighted by Crippen LogP contribution is 2.41. The predicted molar refractivity (Wildman–Crippen MR) is 72.3 cm³/mol. The van der Waals surface area contributed by atoms with Crippen LogP contribution in [0.15, 0.2) is 24.7 Å². The molecule has 0 aromatic carbocycles. The molecule has 0 aliphatic carbocycles. The zero-order valence-electron chi connectivity index (χ0n) is 11.5. The van der Waals surface area contributed by atoms with E-state index < -0.39 is 0 Å². The van der Waals surface area contributed by atoms with Crippen molar-refractivity contribution in [1.29, 1.82) is 0 Å². The number of carbonyl (C=O) groups excluding carboxylic acids is 1. The standard InChI is InChI=1S/C14H17N5O/c1-17-11(2-5-16-17)12(20)19-8-4-14(10-19)3-7-18-9-6-15-13(14)18/h2,5-6,9H,3-4,7-8,10H2,1H3/t14-/m0/s1. The lowest BCUT2D eigenvalue weighted by atomic mass is 9.85. The van der Waals surface area contributed by atoms with Crippen LogP contribution in [0.2, 0.25) is 0 Å². The summed E-state index contributed by atoms with van der Waals surface area (Å²) in [7, 11) is 1.81. The van der Waals surface area contributed by atoms with Gasteiger partial charge in [-0.3, -0.25) is 9.48 Å². The highest BCUT2D eigenvalue weighted by Gasteiger charge is 2.47. The predicted octanol–water partition coefficient (Wildman–Crippen LogP) is 0.804. The third-order valence-corrected chi connectivity index (χ3v) is 4.70. The molecule has 1 amide bonds. The van der Waals surface area contributed by atoms with Crippen molar-refractivity contribution in [2.24, 2.45) is 7.05 Å². The number of hydrogen-bond donors (Lipinski definition) is 0. The van der Waals surface area contributed by atoms with E-state index in [1.807, 2.05) is 17.3 Å². The Morgan fingerprint density at radius 1 is 1.30 bits per heavy atom. The van der Waals surface area contributed by atoms with Gasteiger partial charge in [-0.15, -0.1) is 0 Å². The minimum atomic E-state index is 0.0672. The van der Waals surface area contributed by atoms with Crippen LogP contribution < -0.4 is 0 Å². The van der Waals surface area contributed by atoms with Crippen LogP contribution >= 0.6 is 0 Å². The van der Waals surface area contributed by atoms with E-state index in [0.717, 1.165) is 38.3 Å². The second-order valence-corrected chi connectivity index (χ2v) is 5.79. The second-order valence-electron chi connectivity index (χ2n) is 5.79. The Hall–Kier alpha value is -2.11. The van der Waals surface area contributed by atoms with Gasteiger partial charge in [-0.25, -0.2) is 4.98 Å². The van der Waals surface area contributed by atoms with Gasteiger partial charge in [0.2, 0.25) is 0 Å². The SMILES string of the molecule is Cn1nccc1C(=O)N1CC[C@@]2(CCn3ccnc32)C1. The van der Waals surface area contributed by atoms with Gasteiger partial charge in [-0.1, -0.05) is 0 Å². The molecule has 1 spiro atoms. The first kappa shape index (κ1) is 11.7. The molecule has 0 unspecified atom stereocenters. The molecular formula is C14H17N5O. The highest BCUT2D eigenvalue weighted by atomic mass is 16.2. The molecule has 1 saturated heterocycles. The van der Waals surface area contributed by atoms with E-state index in [0.29, 0.717) is 5.69 Å². The van der Waals surface area contributed by atoms with Crippen LogP contribution in [0.5, 0.6) is 0 Å².